The number of ether oxygens (including phenoxy) is 2. The highest BCUT2D eigenvalue weighted by atomic mass is 16.6. The van der Waals surface area contributed by atoms with Crippen molar-refractivity contribution in [1.82, 2.24) is 5.32 Å². The van der Waals surface area contributed by atoms with Gasteiger partial charge in [0, 0.05) is 0 Å². The smallest absolute Gasteiger partial charge is 0.412 e. The van der Waals surface area contributed by atoms with Crippen LogP contribution in [-0.4, -0.2) is 18.7 Å². The zero-order chi connectivity index (χ0) is 15.7. The molecule has 114 valence electrons. The van der Waals surface area contributed by atoms with Gasteiger partial charge in [0.15, 0.2) is 0 Å². The second-order valence-electron chi connectivity index (χ2n) is 4.73. The number of carbonyl (C=O) groups is 2. The molecular formula is C16H21NO4. The molecule has 1 rings (SSSR count). The lowest BCUT2D eigenvalue weighted by Gasteiger charge is -2.11. The fourth-order valence-corrected chi connectivity index (χ4v) is 1.57. The summed E-state index contributed by atoms with van der Waals surface area (Å²) in [5.74, 6) is -0.471. The first-order valence-corrected chi connectivity index (χ1v) is 6.89. The summed E-state index contributed by atoms with van der Waals surface area (Å²) < 4.78 is 9.96. The van der Waals surface area contributed by atoms with E-state index in [-0.39, 0.29) is 24.8 Å². The van der Waals surface area contributed by atoms with Gasteiger partial charge in [-0.2, -0.15) is 0 Å². The van der Waals surface area contributed by atoms with Crippen molar-refractivity contribution in [1.29, 1.82) is 0 Å². The van der Waals surface area contributed by atoms with Gasteiger partial charge in [-0.25, -0.2) is 9.59 Å². The average molecular weight is 291 g/mol. The molecule has 1 aromatic rings. The third-order valence-corrected chi connectivity index (χ3v) is 2.44. The van der Waals surface area contributed by atoms with Crippen molar-refractivity contribution in [2.24, 2.45) is 5.92 Å². The third-order valence-electron chi connectivity index (χ3n) is 2.44. The number of carbonyl (C=O) groups excluding carboxylic acids is 2. The Kier molecular flexibility index (Phi) is 7.01. The van der Waals surface area contributed by atoms with E-state index in [0.29, 0.717) is 0 Å². The normalized spacial score (nSPS) is 11.1. The maximum absolute atomic E-state index is 11.7. The Bertz CT molecular complexity index is 494. The lowest BCUT2D eigenvalue weighted by atomic mass is 10.2. The molecule has 0 atom stereocenters. The summed E-state index contributed by atoms with van der Waals surface area (Å²) in [5.41, 5.74) is 0.975. The number of amides is 1. The van der Waals surface area contributed by atoms with Crippen LogP contribution in [0.2, 0.25) is 0 Å². The molecule has 0 aliphatic carbocycles. The van der Waals surface area contributed by atoms with Crippen LogP contribution in [0.3, 0.4) is 0 Å². The SMILES string of the molecule is CCOC(=O)/C(=C/C(C)C)NC(=O)OCc1ccccc1. The number of hydrogen-bond donors (Lipinski definition) is 1. The first kappa shape index (κ1) is 16.8. The predicted molar refractivity (Wildman–Crippen MR) is 79.3 cm³/mol. The summed E-state index contributed by atoms with van der Waals surface area (Å²) in [6, 6.07) is 9.30. The Morgan fingerprint density at radius 2 is 1.86 bits per heavy atom. The molecule has 5 nitrogen and oxygen atoms in total. The maximum Gasteiger partial charge on any atom is 0.412 e. The second kappa shape index (κ2) is 8.79. The van der Waals surface area contributed by atoms with E-state index in [2.05, 4.69) is 5.32 Å². The number of alkyl carbamates (subject to hydrolysis) is 1. The molecule has 0 radical (unpaired) electrons. The molecule has 0 unspecified atom stereocenters. The van der Waals surface area contributed by atoms with Crippen LogP contribution in [0.15, 0.2) is 42.1 Å². The van der Waals surface area contributed by atoms with Crippen molar-refractivity contribution in [2.45, 2.75) is 27.4 Å². The van der Waals surface area contributed by atoms with Crippen molar-refractivity contribution < 1.29 is 19.1 Å². The quantitative estimate of drug-likeness (QED) is 0.646. The van der Waals surface area contributed by atoms with E-state index in [1.807, 2.05) is 44.2 Å². The van der Waals surface area contributed by atoms with Crippen molar-refractivity contribution in [3.05, 3.63) is 47.7 Å². The monoisotopic (exact) mass is 291 g/mol. The molecule has 1 amide bonds. The Morgan fingerprint density at radius 3 is 2.43 bits per heavy atom. The van der Waals surface area contributed by atoms with Crippen LogP contribution in [-0.2, 0) is 20.9 Å². The highest BCUT2D eigenvalue weighted by molar-refractivity contribution is 5.92. The molecule has 0 bridgehead atoms. The van der Waals surface area contributed by atoms with E-state index >= 15 is 0 Å². The number of allylic oxidation sites excluding steroid dienone is 1. The minimum absolute atomic E-state index is 0.0961. The largest absolute Gasteiger partial charge is 0.461 e. The molecule has 0 heterocycles. The standard InChI is InChI=1S/C16H21NO4/c1-4-20-15(18)14(10-12(2)3)17-16(19)21-11-13-8-6-5-7-9-13/h5-10,12H,4,11H2,1-3H3,(H,17,19)/b14-10-. The summed E-state index contributed by atoms with van der Waals surface area (Å²) in [5, 5.41) is 2.43. The lowest BCUT2D eigenvalue weighted by molar-refractivity contribution is -0.138. The minimum Gasteiger partial charge on any atom is -0.461 e. The number of hydrogen-bond acceptors (Lipinski definition) is 4. The molecule has 21 heavy (non-hydrogen) atoms. The number of benzene rings is 1. The van der Waals surface area contributed by atoms with E-state index in [1.54, 1.807) is 13.0 Å². The number of nitrogens with one attached hydrogen (secondary N) is 1. The predicted octanol–water partition coefficient (Wildman–Crippen LogP) is 3.02. The van der Waals surface area contributed by atoms with Gasteiger partial charge in [0.25, 0.3) is 0 Å². The minimum atomic E-state index is -0.682. The van der Waals surface area contributed by atoms with Gasteiger partial charge in [-0.1, -0.05) is 50.3 Å². The number of esters is 1. The van der Waals surface area contributed by atoms with Gasteiger partial charge in [0.2, 0.25) is 0 Å². The van der Waals surface area contributed by atoms with Gasteiger partial charge < -0.3 is 9.47 Å². The summed E-state index contributed by atoms with van der Waals surface area (Å²) in [7, 11) is 0. The van der Waals surface area contributed by atoms with Gasteiger partial charge >= 0.3 is 12.1 Å². The summed E-state index contributed by atoms with van der Waals surface area (Å²) >= 11 is 0. The molecule has 1 aromatic carbocycles. The van der Waals surface area contributed by atoms with Crippen LogP contribution >= 0.6 is 0 Å². The topological polar surface area (TPSA) is 64.6 Å². The summed E-state index contributed by atoms with van der Waals surface area (Å²) in [6.45, 7) is 5.89. The highest BCUT2D eigenvalue weighted by Crippen LogP contribution is 2.04. The third kappa shape index (κ3) is 6.61. The van der Waals surface area contributed by atoms with Gasteiger partial charge in [-0.05, 0) is 18.4 Å². The maximum atomic E-state index is 11.7. The first-order chi connectivity index (χ1) is 10.0. The molecule has 0 fully saturated rings. The molecule has 0 spiro atoms. The van der Waals surface area contributed by atoms with Gasteiger partial charge in [-0.15, -0.1) is 0 Å². The second-order valence-corrected chi connectivity index (χ2v) is 4.73. The summed E-state index contributed by atoms with van der Waals surface area (Å²) in [6.07, 6.45) is 0.945. The van der Waals surface area contributed by atoms with Crippen LogP contribution in [0.25, 0.3) is 0 Å². The van der Waals surface area contributed by atoms with Crippen LogP contribution in [0, 0.1) is 5.92 Å². The highest BCUT2D eigenvalue weighted by Gasteiger charge is 2.15. The van der Waals surface area contributed by atoms with Crippen LogP contribution < -0.4 is 5.32 Å². The van der Waals surface area contributed by atoms with Crippen molar-refractivity contribution in [3.63, 3.8) is 0 Å². The van der Waals surface area contributed by atoms with Crippen molar-refractivity contribution >= 4 is 12.1 Å². The molecule has 0 aliphatic rings. The Morgan fingerprint density at radius 1 is 1.19 bits per heavy atom. The van der Waals surface area contributed by atoms with E-state index in [0.717, 1.165) is 5.56 Å². The van der Waals surface area contributed by atoms with Crippen LogP contribution in [0.5, 0.6) is 0 Å². The fraction of sp³-hybridized carbons (Fsp3) is 0.375. The van der Waals surface area contributed by atoms with E-state index < -0.39 is 12.1 Å². The van der Waals surface area contributed by atoms with E-state index in [4.69, 9.17) is 9.47 Å². The van der Waals surface area contributed by atoms with Crippen molar-refractivity contribution in [3.8, 4) is 0 Å². The molecule has 1 N–H and O–H groups in total. The number of rotatable bonds is 6. The molecule has 0 aromatic heterocycles. The van der Waals surface area contributed by atoms with E-state index in [9.17, 15) is 9.59 Å². The molecule has 0 saturated heterocycles. The fourth-order valence-electron chi connectivity index (χ4n) is 1.57. The van der Waals surface area contributed by atoms with Crippen LogP contribution in [0.4, 0.5) is 4.79 Å². The van der Waals surface area contributed by atoms with Gasteiger partial charge in [-0.3, -0.25) is 5.32 Å². The van der Waals surface area contributed by atoms with Crippen LogP contribution in [0.1, 0.15) is 26.3 Å². The molecular weight excluding hydrogens is 270 g/mol. The Labute approximate surface area is 124 Å². The Hall–Kier alpha value is -2.30. The van der Waals surface area contributed by atoms with E-state index in [1.165, 1.54) is 0 Å². The molecule has 0 aliphatic heterocycles. The zero-order valence-electron chi connectivity index (χ0n) is 12.6. The zero-order valence-corrected chi connectivity index (χ0v) is 12.6. The Balaban J connectivity index is 2.58. The summed E-state index contributed by atoms with van der Waals surface area (Å²) in [4.78, 5) is 23.5. The molecule has 0 saturated carbocycles. The average Bonchev–Trinajstić information content (AvgIpc) is 2.45. The van der Waals surface area contributed by atoms with Crippen molar-refractivity contribution in [2.75, 3.05) is 6.61 Å². The molecule has 5 heteroatoms. The first-order valence-electron chi connectivity index (χ1n) is 6.89. The lowest BCUT2D eigenvalue weighted by Crippen LogP contribution is -2.29. The van der Waals surface area contributed by atoms with Gasteiger partial charge in [0.1, 0.15) is 12.3 Å². The van der Waals surface area contributed by atoms with Gasteiger partial charge in [0.05, 0.1) is 6.61 Å².